The summed E-state index contributed by atoms with van der Waals surface area (Å²) in [6.07, 6.45) is -4.12. The fraction of sp³-hybridized carbons (Fsp3) is 0.538. The maximum absolute atomic E-state index is 12.2. The molecule has 1 aliphatic heterocycles. The highest BCUT2D eigenvalue weighted by molar-refractivity contribution is 9.10. The van der Waals surface area contributed by atoms with Crippen LogP contribution in [0, 0.1) is 0 Å². The summed E-state index contributed by atoms with van der Waals surface area (Å²) in [6.45, 7) is 2.54. The van der Waals surface area contributed by atoms with Gasteiger partial charge in [-0.3, -0.25) is 0 Å². The normalized spacial score (nSPS) is 16.1. The Morgan fingerprint density at radius 1 is 1.42 bits per heavy atom. The summed E-state index contributed by atoms with van der Waals surface area (Å²) in [7, 11) is 0. The van der Waals surface area contributed by atoms with Crippen LogP contribution < -0.4 is 10.1 Å². The summed E-state index contributed by atoms with van der Waals surface area (Å²) in [4.78, 5) is 0. The van der Waals surface area contributed by atoms with Gasteiger partial charge >= 0.3 is 6.18 Å². The highest BCUT2D eigenvalue weighted by Crippen LogP contribution is 2.33. The number of hydrogen-bond donors (Lipinski definition) is 1. The molecule has 1 atom stereocenters. The van der Waals surface area contributed by atoms with Crippen LogP contribution in [0.25, 0.3) is 0 Å². The third-order valence-corrected chi connectivity index (χ3v) is 3.46. The fourth-order valence-electron chi connectivity index (χ4n) is 2.18. The Labute approximate surface area is 118 Å². The molecule has 1 N–H and O–H groups in total. The predicted octanol–water partition coefficient (Wildman–Crippen LogP) is 3.81. The highest BCUT2D eigenvalue weighted by atomic mass is 79.9. The second-order valence-corrected chi connectivity index (χ2v) is 5.67. The summed E-state index contributed by atoms with van der Waals surface area (Å²) in [5, 5.41) is 2.89. The Bertz CT molecular complexity index is 462. The Morgan fingerprint density at radius 3 is 2.84 bits per heavy atom. The number of benzene rings is 1. The molecule has 2 rings (SSSR count). The number of rotatable bonds is 4. The Hall–Kier alpha value is -0.750. The van der Waals surface area contributed by atoms with Gasteiger partial charge in [-0.15, -0.1) is 0 Å². The van der Waals surface area contributed by atoms with Crippen LogP contribution in [0.2, 0.25) is 0 Å². The van der Waals surface area contributed by atoms with E-state index < -0.39 is 18.6 Å². The van der Waals surface area contributed by atoms with Crippen LogP contribution in [-0.4, -0.2) is 18.8 Å². The lowest BCUT2D eigenvalue weighted by Crippen LogP contribution is -2.30. The molecule has 0 fully saturated rings. The van der Waals surface area contributed by atoms with Crippen molar-refractivity contribution in [2.24, 2.45) is 0 Å². The number of nitrogens with one attached hydrogen (secondary N) is 1. The highest BCUT2D eigenvalue weighted by Gasteiger charge is 2.30. The first-order valence-electron chi connectivity index (χ1n) is 6.09. The molecule has 0 radical (unpaired) electrons. The molecule has 6 heteroatoms. The maximum Gasteiger partial charge on any atom is 0.390 e. The van der Waals surface area contributed by atoms with Crippen LogP contribution in [0.4, 0.5) is 13.2 Å². The van der Waals surface area contributed by atoms with E-state index in [1.54, 1.807) is 0 Å². The molecule has 0 amide bonds. The van der Waals surface area contributed by atoms with E-state index in [0.717, 1.165) is 27.8 Å². The topological polar surface area (TPSA) is 21.3 Å². The number of alkyl halides is 3. The average Bonchev–Trinajstić information content (AvgIpc) is 2.71. The first-order valence-corrected chi connectivity index (χ1v) is 6.88. The van der Waals surface area contributed by atoms with Crippen LogP contribution in [0.1, 0.15) is 24.5 Å². The van der Waals surface area contributed by atoms with E-state index in [1.807, 2.05) is 12.1 Å². The zero-order chi connectivity index (χ0) is 14.0. The lowest BCUT2D eigenvalue weighted by atomic mass is 10.1. The average molecular weight is 338 g/mol. The van der Waals surface area contributed by atoms with Gasteiger partial charge in [-0.25, -0.2) is 0 Å². The summed E-state index contributed by atoms with van der Waals surface area (Å²) in [6, 6.07) is 3.26. The fourth-order valence-corrected chi connectivity index (χ4v) is 2.73. The van der Waals surface area contributed by atoms with E-state index in [1.165, 1.54) is 6.92 Å². The first kappa shape index (κ1) is 14.7. The molecule has 0 aromatic heterocycles. The van der Waals surface area contributed by atoms with Gasteiger partial charge in [0.1, 0.15) is 5.75 Å². The molecule has 0 saturated carbocycles. The number of ether oxygens (including phenoxy) is 1. The Morgan fingerprint density at radius 2 is 2.16 bits per heavy atom. The molecule has 0 aliphatic carbocycles. The van der Waals surface area contributed by atoms with Gasteiger partial charge in [-0.05, 0) is 24.6 Å². The third-order valence-electron chi connectivity index (χ3n) is 3.00. The predicted molar refractivity (Wildman–Crippen MR) is 70.3 cm³/mol. The molecule has 0 bridgehead atoms. The summed E-state index contributed by atoms with van der Waals surface area (Å²) in [5.41, 5.74) is 2.01. The van der Waals surface area contributed by atoms with Gasteiger partial charge in [0, 0.05) is 29.0 Å². The zero-order valence-electron chi connectivity index (χ0n) is 10.5. The molecule has 19 heavy (non-hydrogen) atoms. The molecule has 0 spiro atoms. The van der Waals surface area contributed by atoms with Crippen LogP contribution in [-0.2, 0) is 13.0 Å². The third kappa shape index (κ3) is 4.11. The molecular formula is C13H15BrF3NO. The molecule has 1 aromatic carbocycles. The molecule has 2 nitrogen and oxygen atoms in total. The van der Waals surface area contributed by atoms with Crippen LogP contribution >= 0.6 is 15.9 Å². The number of halogens is 4. The minimum atomic E-state index is -4.14. The van der Waals surface area contributed by atoms with Crippen molar-refractivity contribution < 1.29 is 17.9 Å². The molecule has 1 aliphatic rings. The second-order valence-electron chi connectivity index (χ2n) is 4.75. The molecule has 1 unspecified atom stereocenters. The van der Waals surface area contributed by atoms with Crippen molar-refractivity contribution in [3.05, 3.63) is 27.7 Å². The van der Waals surface area contributed by atoms with E-state index >= 15 is 0 Å². The van der Waals surface area contributed by atoms with E-state index in [0.29, 0.717) is 13.2 Å². The molecule has 0 saturated heterocycles. The summed E-state index contributed by atoms with van der Waals surface area (Å²) in [5.74, 6) is 0.815. The van der Waals surface area contributed by atoms with Crippen molar-refractivity contribution in [1.82, 2.24) is 5.32 Å². The lowest BCUT2D eigenvalue weighted by molar-refractivity contribution is -0.139. The minimum Gasteiger partial charge on any atom is -0.493 e. The zero-order valence-corrected chi connectivity index (χ0v) is 12.1. The Kier molecular flexibility index (Phi) is 4.40. The van der Waals surface area contributed by atoms with Crippen LogP contribution in [0.5, 0.6) is 5.75 Å². The van der Waals surface area contributed by atoms with Crippen LogP contribution in [0.15, 0.2) is 16.6 Å². The van der Waals surface area contributed by atoms with Crippen LogP contribution in [0.3, 0.4) is 0 Å². The summed E-state index contributed by atoms with van der Waals surface area (Å²) < 4.78 is 43.2. The SMILES string of the molecule is CC(CC(F)(F)F)NCc1cc(Br)cc2c1OCC2. The van der Waals surface area contributed by atoms with E-state index in [4.69, 9.17) is 4.74 Å². The van der Waals surface area contributed by atoms with Gasteiger partial charge in [0.15, 0.2) is 0 Å². The van der Waals surface area contributed by atoms with Crippen molar-refractivity contribution in [2.75, 3.05) is 6.61 Å². The second kappa shape index (κ2) is 5.71. The quantitative estimate of drug-likeness (QED) is 0.901. The van der Waals surface area contributed by atoms with Gasteiger partial charge < -0.3 is 10.1 Å². The van der Waals surface area contributed by atoms with Gasteiger partial charge in [0.05, 0.1) is 13.0 Å². The van der Waals surface area contributed by atoms with E-state index in [-0.39, 0.29) is 0 Å². The largest absolute Gasteiger partial charge is 0.493 e. The minimum absolute atomic E-state index is 0.374. The van der Waals surface area contributed by atoms with Gasteiger partial charge in [0.25, 0.3) is 0 Å². The molecular weight excluding hydrogens is 323 g/mol. The van der Waals surface area contributed by atoms with Crippen molar-refractivity contribution in [3.63, 3.8) is 0 Å². The standard InChI is InChI=1S/C13H15BrF3NO/c1-8(6-13(15,16)17)18-7-10-5-11(14)4-9-2-3-19-12(9)10/h4-5,8,18H,2-3,6-7H2,1H3. The van der Waals surface area contributed by atoms with Gasteiger partial charge in [-0.2, -0.15) is 13.2 Å². The van der Waals surface area contributed by atoms with Crippen molar-refractivity contribution in [1.29, 1.82) is 0 Å². The van der Waals surface area contributed by atoms with E-state index in [2.05, 4.69) is 21.2 Å². The van der Waals surface area contributed by atoms with Crippen molar-refractivity contribution in [3.8, 4) is 5.75 Å². The smallest absolute Gasteiger partial charge is 0.390 e. The molecule has 106 valence electrons. The van der Waals surface area contributed by atoms with Gasteiger partial charge in [0.2, 0.25) is 0 Å². The lowest BCUT2D eigenvalue weighted by Gasteiger charge is -2.17. The van der Waals surface area contributed by atoms with Crippen molar-refractivity contribution in [2.45, 2.75) is 38.5 Å². The van der Waals surface area contributed by atoms with E-state index in [9.17, 15) is 13.2 Å². The van der Waals surface area contributed by atoms with Gasteiger partial charge in [-0.1, -0.05) is 15.9 Å². The Balaban J connectivity index is 2.00. The molecule has 1 aromatic rings. The monoisotopic (exact) mass is 337 g/mol. The molecule has 1 heterocycles. The number of hydrogen-bond acceptors (Lipinski definition) is 2. The van der Waals surface area contributed by atoms with Crippen molar-refractivity contribution >= 4 is 15.9 Å². The number of fused-ring (bicyclic) bond motifs is 1. The first-order chi connectivity index (χ1) is 8.85. The maximum atomic E-state index is 12.2. The summed E-state index contributed by atoms with van der Waals surface area (Å²) >= 11 is 3.41.